The van der Waals surface area contributed by atoms with Crippen LogP contribution in [-0.4, -0.2) is 45.1 Å². The SMILES string of the molecule is CN(C(=O)CCc1nc2ccccc2[nH]1)C(C)(C)CO. The zero-order chi connectivity index (χ0) is 14.8. The lowest BCUT2D eigenvalue weighted by molar-refractivity contribution is -0.136. The summed E-state index contributed by atoms with van der Waals surface area (Å²) in [7, 11) is 1.72. The van der Waals surface area contributed by atoms with Crippen LogP contribution in [0.2, 0.25) is 0 Å². The summed E-state index contributed by atoms with van der Waals surface area (Å²) in [5.41, 5.74) is 1.36. The lowest BCUT2D eigenvalue weighted by Crippen LogP contribution is -2.47. The molecule has 5 heteroatoms. The molecule has 1 amide bonds. The number of aliphatic hydroxyl groups is 1. The molecule has 0 spiro atoms. The van der Waals surface area contributed by atoms with Gasteiger partial charge in [0.05, 0.1) is 23.2 Å². The van der Waals surface area contributed by atoms with E-state index in [0.717, 1.165) is 16.9 Å². The molecule has 0 saturated carbocycles. The molecule has 2 aromatic rings. The van der Waals surface area contributed by atoms with E-state index in [-0.39, 0.29) is 12.5 Å². The van der Waals surface area contributed by atoms with Gasteiger partial charge < -0.3 is 15.0 Å². The highest BCUT2D eigenvalue weighted by Crippen LogP contribution is 2.15. The van der Waals surface area contributed by atoms with Crippen molar-refractivity contribution in [1.29, 1.82) is 0 Å². The summed E-state index contributed by atoms with van der Waals surface area (Å²) in [6.45, 7) is 3.62. The van der Waals surface area contributed by atoms with E-state index in [2.05, 4.69) is 9.97 Å². The Balaban J connectivity index is 1.99. The van der Waals surface area contributed by atoms with E-state index in [4.69, 9.17) is 0 Å². The van der Waals surface area contributed by atoms with Crippen LogP contribution < -0.4 is 0 Å². The van der Waals surface area contributed by atoms with Crippen LogP contribution in [0.3, 0.4) is 0 Å². The number of aromatic nitrogens is 2. The first-order valence-electron chi connectivity index (χ1n) is 6.75. The first-order valence-corrected chi connectivity index (χ1v) is 6.75. The molecule has 0 aliphatic carbocycles. The molecule has 2 rings (SSSR count). The number of likely N-dealkylation sites (N-methyl/N-ethyl adjacent to an activating group) is 1. The number of rotatable bonds is 5. The monoisotopic (exact) mass is 275 g/mol. The number of carbonyl (C=O) groups excluding carboxylic acids is 1. The number of amides is 1. The molecular weight excluding hydrogens is 254 g/mol. The van der Waals surface area contributed by atoms with Gasteiger partial charge in [0.2, 0.25) is 5.91 Å². The maximum atomic E-state index is 12.1. The number of aryl methyl sites for hydroxylation is 1. The highest BCUT2D eigenvalue weighted by molar-refractivity contribution is 5.77. The number of H-pyrrole nitrogens is 1. The summed E-state index contributed by atoms with van der Waals surface area (Å²) < 4.78 is 0. The number of hydrogen-bond acceptors (Lipinski definition) is 3. The van der Waals surface area contributed by atoms with Gasteiger partial charge in [-0.15, -0.1) is 0 Å². The standard InChI is InChI=1S/C15H21N3O2/c1-15(2,10-19)18(3)14(20)9-8-13-16-11-6-4-5-7-12(11)17-13/h4-7,19H,8-10H2,1-3H3,(H,16,17). The van der Waals surface area contributed by atoms with Gasteiger partial charge in [-0.05, 0) is 26.0 Å². The molecule has 1 heterocycles. The molecule has 0 aliphatic heterocycles. The maximum absolute atomic E-state index is 12.1. The fourth-order valence-electron chi connectivity index (χ4n) is 1.96. The van der Waals surface area contributed by atoms with E-state index in [1.807, 2.05) is 38.1 Å². The molecule has 0 atom stereocenters. The van der Waals surface area contributed by atoms with E-state index in [1.54, 1.807) is 11.9 Å². The summed E-state index contributed by atoms with van der Waals surface area (Å²) in [6.07, 6.45) is 0.944. The van der Waals surface area contributed by atoms with Gasteiger partial charge in [0, 0.05) is 19.9 Å². The Morgan fingerprint density at radius 3 is 2.75 bits per heavy atom. The molecule has 0 fully saturated rings. The van der Waals surface area contributed by atoms with Crippen LogP contribution in [0.4, 0.5) is 0 Å². The second-order valence-corrected chi connectivity index (χ2v) is 5.62. The van der Waals surface area contributed by atoms with E-state index >= 15 is 0 Å². The molecule has 0 aliphatic rings. The number of benzene rings is 1. The average molecular weight is 275 g/mol. The van der Waals surface area contributed by atoms with Crippen molar-refractivity contribution >= 4 is 16.9 Å². The van der Waals surface area contributed by atoms with Crippen molar-refractivity contribution in [3.63, 3.8) is 0 Å². The van der Waals surface area contributed by atoms with Crippen molar-refractivity contribution < 1.29 is 9.90 Å². The van der Waals surface area contributed by atoms with Crippen LogP contribution >= 0.6 is 0 Å². The third kappa shape index (κ3) is 2.99. The van der Waals surface area contributed by atoms with Crippen molar-refractivity contribution in [2.45, 2.75) is 32.2 Å². The largest absolute Gasteiger partial charge is 0.394 e. The molecule has 0 unspecified atom stereocenters. The van der Waals surface area contributed by atoms with Crippen LogP contribution in [0.15, 0.2) is 24.3 Å². The second-order valence-electron chi connectivity index (χ2n) is 5.62. The summed E-state index contributed by atoms with van der Waals surface area (Å²) in [6, 6.07) is 7.80. The fraction of sp³-hybridized carbons (Fsp3) is 0.467. The highest BCUT2D eigenvalue weighted by Gasteiger charge is 2.26. The maximum Gasteiger partial charge on any atom is 0.223 e. The van der Waals surface area contributed by atoms with Gasteiger partial charge in [0.1, 0.15) is 5.82 Å². The van der Waals surface area contributed by atoms with Crippen molar-refractivity contribution in [3.8, 4) is 0 Å². The molecule has 5 nitrogen and oxygen atoms in total. The zero-order valence-electron chi connectivity index (χ0n) is 12.2. The number of aliphatic hydroxyl groups excluding tert-OH is 1. The Morgan fingerprint density at radius 2 is 2.10 bits per heavy atom. The average Bonchev–Trinajstić information content (AvgIpc) is 2.86. The molecule has 20 heavy (non-hydrogen) atoms. The number of fused-ring (bicyclic) bond motifs is 1. The van der Waals surface area contributed by atoms with Gasteiger partial charge in [-0.25, -0.2) is 4.98 Å². The molecule has 1 aromatic heterocycles. The Morgan fingerprint density at radius 1 is 1.40 bits per heavy atom. The second kappa shape index (κ2) is 5.63. The molecule has 0 radical (unpaired) electrons. The Hall–Kier alpha value is -1.88. The minimum absolute atomic E-state index is 0.00417. The van der Waals surface area contributed by atoms with Gasteiger partial charge in [0.25, 0.3) is 0 Å². The van der Waals surface area contributed by atoms with Crippen molar-refractivity contribution in [1.82, 2.24) is 14.9 Å². The molecular formula is C15H21N3O2. The van der Waals surface area contributed by atoms with Crippen molar-refractivity contribution in [2.75, 3.05) is 13.7 Å². The molecule has 0 saturated heterocycles. The summed E-state index contributed by atoms with van der Waals surface area (Å²) in [5, 5.41) is 9.28. The lowest BCUT2D eigenvalue weighted by Gasteiger charge is -2.34. The van der Waals surface area contributed by atoms with Gasteiger partial charge in [0.15, 0.2) is 0 Å². The van der Waals surface area contributed by atoms with Crippen LogP contribution in [-0.2, 0) is 11.2 Å². The van der Waals surface area contributed by atoms with Gasteiger partial charge >= 0.3 is 0 Å². The van der Waals surface area contributed by atoms with E-state index in [0.29, 0.717) is 12.8 Å². The number of carbonyl (C=O) groups is 1. The third-order valence-electron chi connectivity index (χ3n) is 3.68. The van der Waals surface area contributed by atoms with Crippen molar-refractivity contribution in [2.24, 2.45) is 0 Å². The Bertz CT molecular complexity index is 571. The number of hydrogen-bond donors (Lipinski definition) is 2. The minimum Gasteiger partial charge on any atom is -0.394 e. The summed E-state index contributed by atoms with van der Waals surface area (Å²) in [4.78, 5) is 21.4. The first kappa shape index (κ1) is 14.5. The number of aromatic amines is 1. The third-order valence-corrected chi connectivity index (χ3v) is 3.68. The molecule has 2 N–H and O–H groups in total. The Labute approximate surface area is 118 Å². The predicted molar refractivity (Wildman–Crippen MR) is 78.3 cm³/mol. The number of nitrogens with one attached hydrogen (secondary N) is 1. The summed E-state index contributed by atoms with van der Waals surface area (Å²) in [5.74, 6) is 0.819. The van der Waals surface area contributed by atoms with Crippen LogP contribution in [0.1, 0.15) is 26.1 Å². The highest BCUT2D eigenvalue weighted by atomic mass is 16.3. The van der Waals surface area contributed by atoms with E-state index in [9.17, 15) is 9.90 Å². The van der Waals surface area contributed by atoms with Gasteiger partial charge in [-0.2, -0.15) is 0 Å². The number of nitrogens with zero attached hydrogens (tertiary/aromatic N) is 2. The number of para-hydroxylation sites is 2. The fourth-order valence-corrected chi connectivity index (χ4v) is 1.96. The van der Waals surface area contributed by atoms with E-state index < -0.39 is 5.54 Å². The minimum atomic E-state index is -0.537. The predicted octanol–water partition coefficient (Wildman–Crippen LogP) is 1.72. The summed E-state index contributed by atoms with van der Waals surface area (Å²) >= 11 is 0. The van der Waals surface area contributed by atoms with E-state index in [1.165, 1.54) is 0 Å². The lowest BCUT2D eigenvalue weighted by atomic mass is 10.0. The van der Waals surface area contributed by atoms with Crippen LogP contribution in [0, 0.1) is 0 Å². The Kier molecular flexibility index (Phi) is 4.09. The first-order chi connectivity index (χ1) is 9.44. The molecule has 0 bridgehead atoms. The van der Waals surface area contributed by atoms with Crippen LogP contribution in [0.5, 0.6) is 0 Å². The van der Waals surface area contributed by atoms with Gasteiger partial charge in [-0.1, -0.05) is 12.1 Å². The topological polar surface area (TPSA) is 69.2 Å². The normalized spacial score (nSPS) is 11.8. The van der Waals surface area contributed by atoms with Crippen LogP contribution in [0.25, 0.3) is 11.0 Å². The quantitative estimate of drug-likeness (QED) is 0.873. The van der Waals surface area contributed by atoms with Crippen molar-refractivity contribution in [3.05, 3.63) is 30.1 Å². The van der Waals surface area contributed by atoms with Gasteiger partial charge in [-0.3, -0.25) is 4.79 Å². The number of imidazole rings is 1. The molecule has 108 valence electrons. The molecule has 1 aromatic carbocycles. The smallest absolute Gasteiger partial charge is 0.223 e. The zero-order valence-corrected chi connectivity index (χ0v) is 12.2.